The molecule has 0 saturated heterocycles. The first-order chi connectivity index (χ1) is 7.43. The SMILES string of the molecule is CCC(NCc1ccc(F)cc1)C(C)(C)C.Cl. The van der Waals surface area contributed by atoms with Gasteiger partial charge in [-0.15, -0.1) is 12.4 Å². The Hall–Kier alpha value is -0.600. The third-order valence-electron chi connectivity index (χ3n) is 2.92. The number of benzene rings is 1. The Bertz CT molecular complexity index is 316. The molecule has 0 fully saturated rings. The van der Waals surface area contributed by atoms with E-state index < -0.39 is 0 Å². The van der Waals surface area contributed by atoms with E-state index in [0.29, 0.717) is 6.04 Å². The zero-order valence-electron chi connectivity index (χ0n) is 11.1. The van der Waals surface area contributed by atoms with Crippen LogP contribution in [0.1, 0.15) is 39.7 Å². The van der Waals surface area contributed by atoms with Crippen LogP contribution < -0.4 is 5.32 Å². The highest BCUT2D eigenvalue weighted by atomic mass is 35.5. The van der Waals surface area contributed by atoms with Crippen molar-refractivity contribution < 1.29 is 4.39 Å². The Morgan fingerprint density at radius 2 is 1.71 bits per heavy atom. The average molecular weight is 260 g/mol. The fraction of sp³-hybridized carbons (Fsp3) is 0.571. The van der Waals surface area contributed by atoms with Gasteiger partial charge in [-0.3, -0.25) is 0 Å². The normalized spacial score (nSPS) is 13.0. The van der Waals surface area contributed by atoms with E-state index >= 15 is 0 Å². The summed E-state index contributed by atoms with van der Waals surface area (Å²) in [6.45, 7) is 9.69. The fourth-order valence-electron chi connectivity index (χ4n) is 1.91. The largest absolute Gasteiger partial charge is 0.309 e. The third kappa shape index (κ3) is 5.51. The molecule has 1 N–H and O–H groups in total. The molecule has 0 aliphatic rings. The van der Waals surface area contributed by atoms with Gasteiger partial charge in [-0.1, -0.05) is 39.8 Å². The van der Waals surface area contributed by atoms with E-state index in [4.69, 9.17) is 0 Å². The van der Waals surface area contributed by atoms with Crippen LogP contribution in [0.5, 0.6) is 0 Å². The van der Waals surface area contributed by atoms with E-state index in [1.54, 1.807) is 0 Å². The molecule has 1 nitrogen and oxygen atoms in total. The summed E-state index contributed by atoms with van der Waals surface area (Å²) in [6.07, 6.45) is 1.10. The van der Waals surface area contributed by atoms with Crippen LogP contribution in [0.15, 0.2) is 24.3 Å². The van der Waals surface area contributed by atoms with Gasteiger partial charge < -0.3 is 5.32 Å². The molecule has 0 bridgehead atoms. The number of hydrogen-bond donors (Lipinski definition) is 1. The van der Waals surface area contributed by atoms with Crippen LogP contribution in [-0.4, -0.2) is 6.04 Å². The number of rotatable bonds is 4. The zero-order valence-corrected chi connectivity index (χ0v) is 11.9. The van der Waals surface area contributed by atoms with Crippen LogP contribution in [-0.2, 0) is 6.54 Å². The first kappa shape index (κ1) is 16.4. The van der Waals surface area contributed by atoms with Gasteiger partial charge in [0.2, 0.25) is 0 Å². The third-order valence-corrected chi connectivity index (χ3v) is 2.92. The minimum absolute atomic E-state index is 0. The highest BCUT2D eigenvalue weighted by molar-refractivity contribution is 5.85. The van der Waals surface area contributed by atoms with Crippen molar-refractivity contribution in [2.45, 2.75) is 46.7 Å². The average Bonchev–Trinajstić information content (AvgIpc) is 2.19. The summed E-state index contributed by atoms with van der Waals surface area (Å²) in [5.74, 6) is -0.174. The van der Waals surface area contributed by atoms with E-state index in [2.05, 4.69) is 33.0 Å². The molecule has 1 unspecified atom stereocenters. The monoisotopic (exact) mass is 259 g/mol. The zero-order chi connectivity index (χ0) is 12.2. The number of hydrogen-bond acceptors (Lipinski definition) is 1. The molecule has 17 heavy (non-hydrogen) atoms. The summed E-state index contributed by atoms with van der Waals surface area (Å²) >= 11 is 0. The molecule has 3 heteroatoms. The molecule has 0 radical (unpaired) electrons. The second-order valence-corrected chi connectivity index (χ2v) is 5.33. The Kier molecular flexibility index (Phi) is 6.73. The summed E-state index contributed by atoms with van der Waals surface area (Å²) in [7, 11) is 0. The lowest BCUT2D eigenvalue weighted by molar-refractivity contribution is 0.259. The lowest BCUT2D eigenvalue weighted by Crippen LogP contribution is -2.39. The Morgan fingerprint density at radius 3 is 2.12 bits per heavy atom. The van der Waals surface area contributed by atoms with Gasteiger partial charge >= 0.3 is 0 Å². The van der Waals surface area contributed by atoms with Crippen molar-refractivity contribution in [3.8, 4) is 0 Å². The lowest BCUT2D eigenvalue weighted by Gasteiger charge is -2.30. The maximum atomic E-state index is 12.7. The van der Waals surface area contributed by atoms with Crippen LogP contribution in [0.4, 0.5) is 4.39 Å². The van der Waals surface area contributed by atoms with Crippen molar-refractivity contribution in [2.75, 3.05) is 0 Å². The maximum Gasteiger partial charge on any atom is 0.123 e. The molecular weight excluding hydrogens is 237 g/mol. The van der Waals surface area contributed by atoms with Crippen LogP contribution in [0.3, 0.4) is 0 Å². The second kappa shape index (κ2) is 6.97. The van der Waals surface area contributed by atoms with Crippen LogP contribution >= 0.6 is 12.4 Å². The minimum Gasteiger partial charge on any atom is -0.309 e. The topological polar surface area (TPSA) is 12.0 Å². The van der Waals surface area contributed by atoms with Crippen molar-refractivity contribution in [3.05, 3.63) is 35.6 Å². The Balaban J connectivity index is 0.00000256. The van der Waals surface area contributed by atoms with E-state index in [0.717, 1.165) is 18.5 Å². The highest BCUT2D eigenvalue weighted by Crippen LogP contribution is 2.21. The molecule has 0 heterocycles. The summed E-state index contributed by atoms with van der Waals surface area (Å²) < 4.78 is 12.7. The van der Waals surface area contributed by atoms with Crippen LogP contribution in [0.2, 0.25) is 0 Å². The predicted molar refractivity (Wildman–Crippen MR) is 74.0 cm³/mol. The predicted octanol–water partition coefficient (Wildman–Crippen LogP) is 4.16. The maximum absolute atomic E-state index is 12.7. The molecule has 0 spiro atoms. The molecule has 1 aromatic carbocycles. The smallest absolute Gasteiger partial charge is 0.123 e. The van der Waals surface area contributed by atoms with Crippen LogP contribution in [0, 0.1) is 11.2 Å². The molecule has 1 rings (SSSR count). The minimum atomic E-state index is -0.174. The second-order valence-electron chi connectivity index (χ2n) is 5.33. The van der Waals surface area contributed by atoms with E-state index in [9.17, 15) is 4.39 Å². The quantitative estimate of drug-likeness (QED) is 0.856. The molecule has 0 aliphatic carbocycles. The highest BCUT2D eigenvalue weighted by Gasteiger charge is 2.21. The summed E-state index contributed by atoms with van der Waals surface area (Å²) in [6, 6.07) is 7.16. The number of nitrogens with one attached hydrogen (secondary N) is 1. The summed E-state index contributed by atoms with van der Waals surface area (Å²) in [4.78, 5) is 0. The molecule has 0 amide bonds. The molecular formula is C14H23ClFN. The van der Waals surface area contributed by atoms with E-state index in [-0.39, 0.29) is 23.6 Å². The van der Waals surface area contributed by atoms with Gasteiger partial charge in [-0.2, -0.15) is 0 Å². The van der Waals surface area contributed by atoms with Gasteiger partial charge in [0, 0.05) is 12.6 Å². The standard InChI is InChI=1S/C14H22FN.ClH/c1-5-13(14(2,3)4)16-10-11-6-8-12(15)9-7-11;/h6-9,13,16H,5,10H2,1-4H3;1H. The lowest BCUT2D eigenvalue weighted by atomic mass is 9.85. The van der Waals surface area contributed by atoms with Gasteiger partial charge in [-0.05, 0) is 29.5 Å². The van der Waals surface area contributed by atoms with Crippen molar-refractivity contribution >= 4 is 12.4 Å². The van der Waals surface area contributed by atoms with Gasteiger partial charge in [0.05, 0.1) is 0 Å². The first-order valence-electron chi connectivity index (χ1n) is 5.91. The van der Waals surface area contributed by atoms with Crippen molar-refractivity contribution in [3.63, 3.8) is 0 Å². The van der Waals surface area contributed by atoms with Crippen LogP contribution in [0.25, 0.3) is 0 Å². The molecule has 98 valence electrons. The van der Waals surface area contributed by atoms with Crippen molar-refractivity contribution in [2.24, 2.45) is 5.41 Å². The molecule has 1 atom stereocenters. The fourth-order valence-corrected chi connectivity index (χ4v) is 1.91. The molecule has 0 saturated carbocycles. The summed E-state index contributed by atoms with van der Waals surface area (Å²) in [5.41, 5.74) is 1.39. The molecule has 0 aromatic heterocycles. The molecule has 0 aliphatic heterocycles. The Morgan fingerprint density at radius 1 is 1.18 bits per heavy atom. The van der Waals surface area contributed by atoms with Gasteiger partial charge in [0.15, 0.2) is 0 Å². The van der Waals surface area contributed by atoms with Gasteiger partial charge in [0.25, 0.3) is 0 Å². The van der Waals surface area contributed by atoms with E-state index in [1.165, 1.54) is 12.1 Å². The number of halogens is 2. The van der Waals surface area contributed by atoms with Gasteiger partial charge in [-0.25, -0.2) is 4.39 Å². The first-order valence-corrected chi connectivity index (χ1v) is 5.91. The summed E-state index contributed by atoms with van der Waals surface area (Å²) in [5, 5.41) is 3.52. The molecule has 1 aromatic rings. The van der Waals surface area contributed by atoms with Crippen molar-refractivity contribution in [1.82, 2.24) is 5.32 Å². The Labute approximate surface area is 110 Å². The van der Waals surface area contributed by atoms with E-state index in [1.807, 2.05) is 12.1 Å². The van der Waals surface area contributed by atoms with Crippen molar-refractivity contribution in [1.29, 1.82) is 0 Å². The van der Waals surface area contributed by atoms with Gasteiger partial charge in [0.1, 0.15) is 5.82 Å².